The van der Waals surface area contributed by atoms with Crippen LogP contribution in [0.15, 0.2) is 21.9 Å². The molecule has 2 heterocycles. The highest BCUT2D eigenvalue weighted by Gasteiger charge is 2.49. The molecule has 0 spiro atoms. The second-order valence-electron chi connectivity index (χ2n) is 6.08. The quantitative estimate of drug-likeness (QED) is 0.139. The molecular formula is C12H18N3O14P3. The standard InChI is InChI=1S/C12H18N3O14P3/c13-4-1-3-12(15-5-2-10(17)14-11(15)18)6-8(16)9(27-12)7-26-31(22,23)29-32(24,25)28-30(19,20)21/h2,5,8-9,16H,4,6-7,13H2,(H,22,23)(H,24,25)(H,14,17,18)(H2,19,20,21)/t8-,9+,12+/m0/s1. The summed E-state index contributed by atoms with van der Waals surface area (Å²) < 4.78 is 51.8. The zero-order valence-corrected chi connectivity index (χ0v) is 18.4. The third-order valence-corrected chi connectivity index (χ3v) is 7.48. The maximum absolute atomic E-state index is 12.2. The molecule has 0 saturated carbocycles. The molecule has 5 atom stereocenters. The molecule has 1 aromatic rings. The first-order valence-corrected chi connectivity index (χ1v) is 12.8. The van der Waals surface area contributed by atoms with E-state index in [1.807, 2.05) is 4.98 Å². The van der Waals surface area contributed by atoms with Gasteiger partial charge < -0.3 is 35.2 Å². The summed E-state index contributed by atoms with van der Waals surface area (Å²) in [7, 11) is -16.8. The van der Waals surface area contributed by atoms with E-state index in [9.17, 15) is 33.3 Å². The molecule has 1 aromatic heterocycles. The number of nitrogens with one attached hydrogen (secondary N) is 1. The molecule has 180 valence electrons. The van der Waals surface area contributed by atoms with Gasteiger partial charge in [0.05, 0.1) is 19.3 Å². The Hall–Kier alpha value is -1.47. The molecule has 0 aliphatic carbocycles. The van der Waals surface area contributed by atoms with Crippen molar-refractivity contribution in [2.24, 2.45) is 5.73 Å². The molecule has 32 heavy (non-hydrogen) atoms. The monoisotopic (exact) mass is 521 g/mol. The zero-order valence-electron chi connectivity index (χ0n) is 15.7. The van der Waals surface area contributed by atoms with Gasteiger partial charge in [0.15, 0.2) is 0 Å². The van der Waals surface area contributed by atoms with Crippen LogP contribution in [0.25, 0.3) is 0 Å². The smallest absolute Gasteiger partial charge is 0.390 e. The van der Waals surface area contributed by atoms with Crippen molar-refractivity contribution in [2.75, 3.05) is 13.2 Å². The van der Waals surface area contributed by atoms with Gasteiger partial charge in [-0.1, -0.05) is 5.92 Å². The van der Waals surface area contributed by atoms with Crippen LogP contribution < -0.4 is 17.0 Å². The molecule has 0 radical (unpaired) electrons. The van der Waals surface area contributed by atoms with Crippen molar-refractivity contribution < 1.29 is 56.3 Å². The first-order valence-electron chi connectivity index (χ1n) is 8.25. The van der Waals surface area contributed by atoms with Crippen molar-refractivity contribution in [1.29, 1.82) is 0 Å². The van der Waals surface area contributed by atoms with Crippen molar-refractivity contribution in [3.05, 3.63) is 33.1 Å². The summed E-state index contributed by atoms with van der Waals surface area (Å²) in [5.41, 5.74) is 1.78. The Labute approximate surface area is 178 Å². The SMILES string of the molecule is NCC#C[C@]1(n2ccc(=O)[nH]c2=O)C[C@H](O)[C@@H](COP(=O)(O)OP(=O)(O)OP(=O)(O)O)O1. The van der Waals surface area contributed by atoms with Crippen LogP contribution >= 0.6 is 23.5 Å². The summed E-state index contributed by atoms with van der Waals surface area (Å²) in [6.45, 7) is -1.15. The first-order chi connectivity index (χ1) is 14.6. The number of aliphatic hydroxyl groups is 1. The molecular weight excluding hydrogens is 503 g/mol. The third-order valence-electron chi connectivity index (χ3n) is 3.68. The lowest BCUT2D eigenvalue weighted by atomic mass is 10.1. The van der Waals surface area contributed by atoms with Crippen molar-refractivity contribution in [1.82, 2.24) is 9.55 Å². The number of nitrogens with zero attached hydrogens (tertiary/aromatic N) is 1. The van der Waals surface area contributed by atoms with E-state index in [0.717, 1.165) is 16.8 Å². The number of aliphatic hydroxyl groups excluding tert-OH is 1. The average molecular weight is 521 g/mol. The van der Waals surface area contributed by atoms with E-state index < -0.39 is 65.7 Å². The molecule has 20 heteroatoms. The van der Waals surface area contributed by atoms with Crippen LogP contribution in [-0.4, -0.2) is 59.6 Å². The van der Waals surface area contributed by atoms with E-state index in [4.69, 9.17) is 25.2 Å². The predicted molar refractivity (Wildman–Crippen MR) is 101 cm³/mol. The molecule has 17 nitrogen and oxygen atoms in total. The summed E-state index contributed by atoms with van der Waals surface area (Å²) in [5.74, 6) is 4.96. The number of rotatable bonds is 8. The fourth-order valence-electron chi connectivity index (χ4n) is 2.59. The molecule has 2 unspecified atom stereocenters. The van der Waals surface area contributed by atoms with E-state index >= 15 is 0 Å². The lowest BCUT2D eigenvalue weighted by Gasteiger charge is -2.25. The second kappa shape index (κ2) is 9.80. The molecule has 0 bridgehead atoms. The van der Waals surface area contributed by atoms with Gasteiger partial charge in [-0.2, -0.15) is 8.62 Å². The van der Waals surface area contributed by atoms with Crippen LogP contribution in [0.4, 0.5) is 0 Å². The van der Waals surface area contributed by atoms with E-state index in [1.165, 1.54) is 0 Å². The van der Waals surface area contributed by atoms with E-state index in [0.29, 0.717) is 0 Å². The van der Waals surface area contributed by atoms with E-state index in [2.05, 4.69) is 25.0 Å². The highest BCUT2D eigenvalue weighted by Crippen LogP contribution is 2.66. The number of hydrogen-bond donors (Lipinski definition) is 7. The van der Waals surface area contributed by atoms with Gasteiger partial charge in [0, 0.05) is 18.7 Å². The number of H-pyrrole nitrogens is 1. The minimum atomic E-state index is -5.73. The first kappa shape index (κ1) is 26.8. The molecule has 1 saturated heterocycles. The number of aromatic nitrogens is 2. The van der Waals surface area contributed by atoms with Crippen LogP contribution in [0.1, 0.15) is 6.42 Å². The van der Waals surface area contributed by atoms with Crippen LogP contribution in [0.3, 0.4) is 0 Å². The van der Waals surface area contributed by atoms with Crippen LogP contribution in [0.2, 0.25) is 0 Å². The number of phosphoric ester groups is 1. The Morgan fingerprint density at radius 1 is 1.22 bits per heavy atom. The topological polar surface area (TPSA) is 270 Å². The van der Waals surface area contributed by atoms with Gasteiger partial charge in [-0.05, 0) is 5.92 Å². The number of phosphoric acid groups is 3. The maximum atomic E-state index is 12.2. The van der Waals surface area contributed by atoms with Gasteiger partial charge in [-0.15, -0.1) is 0 Å². The highest BCUT2D eigenvalue weighted by atomic mass is 31.3. The number of aromatic amines is 1. The van der Waals surface area contributed by atoms with Gasteiger partial charge in [0.25, 0.3) is 5.56 Å². The van der Waals surface area contributed by atoms with Crippen LogP contribution in [-0.2, 0) is 37.3 Å². The van der Waals surface area contributed by atoms with Crippen molar-refractivity contribution >= 4 is 23.5 Å². The Kier molecular flexibility index (Phi) is 8.20. The largest absolute Gasteiger partial charge is 0.490 e. The number of hydrogen-bond acceptors (Lipinski definition) is 11. The van der Waals surface area contributed by atoms with Crippen molar-refractivity contribution in [3.63, 3.8) is 0 Å². The molecule has 1 aliphatic heterocycles. The van der Waals surface area contributed by atoms with E-state index in [-0.39, 0.29) is 6.54 Å². The predicted octanol–water partition coefficient (Wildman–Crippen LogP) is -2.36. The minimum absolute atomic E-state index is 0.175. The number of nitrogens with two attached hydrogens (primary N) is 1. The van der Waals surface area contributed by atoms with Crippen molar-refractivity contribution in [3.8, 4) is 11.8 Å². The fraction of sp³-hybridized carbons (Fsp3) is 0.500. The highest BCUT2D eigenvalue weighted by molar-refractivity contribution is 7.66. The molecule has 1 aliphatic rings. The zero-order chi connectivity index (χ0) is 24.4. The lowest BCUT2D eigenvalue weighted by Crippen LogP contribution is -2.43. The Bertz CT molecular complexity index is 1160. The molecule has 0 amide bonds. The Morgan fingerprint density at radius 2 is 1.88 bits per heavy atom. The Balaban J connectivity index is 2.21. The number of ether oxygens (including phenoxy) is 1. The third kappa shape index (κ3) is 7.27. The van der Waals surface area contributed by atoms with Crippen molar-refractivity contribution in [2.45, 2.75) is 24.4 Å². The van der Waals surface area contributed by atoms with Gasteiger partial charge in [-0.3, -0.25) is 18.9 Å². The summed E-state index contributed by atoms with van der Waals surface area (Å²) in [4.78, 5) is 61.1. The minimum Gasteiger partial charge on any atom is -0.390 e. The summed E-state index contributed by atoms with van der Waals surface area (Å²) in [6.07, 6.45) is -2.31. The van der Waals surface area contributed by atoms with Crippen LogP contribution in [0.5, 0.6) is 0 Å². The summed E-state index contributed by atoms with van der Waals surface area (Å²) >= 11 is 0. The molecule has 0 aromatic carbocycles. The lowest BCUT2D eigenvalue weighted by molar-refractivity contribution is -0.0825. The molecule has 2 rings (SSSR count). The average Bonchev–Trinajstić information content (AvgIpc) is 2.91. The van der Waals surface area contributed by atoms with Gasteiger partial charge >= 0.3 is 29.2 Å². The van der Waals surface area contributed by atoms with Crippen LogP contribution in [0, 0.1) is 11.8 Å². The Morgan fingerprint density at radius 3 is 2.44 bits per heavy atom. The maximum Gasteiger partial charge on any atom is 0.490 e. The summed E-state index contributed by atoms with van der Waals surface area (Å²) in [6, 6.07) is 0.975. The van der Waals surface area contributed by atoms with Gasteiger partial charge in [0.1, 0.15) is 6.10 Å². The molecule has 1 fully saturated rings. The summed E-state index contributed by atoms with van der Waals surface area (Å²) in [5, 5.41) is 10.3. The van der Waals surface area contributed by atoms with Gasteiger partial charge in [0.2, 0.25) is 5.72 Å². The normalized spacial score (nSPS) is 27.2. The van der Waals surface area contributed by atoms with E-state index in [1.54, 1.807) is 0 Å². The van der Waals surface area contributed by atoms with Gasteiger partial charge in [-0.25, -0.2) is 18.5 Å². The fourth-order valence-corrected chi connectivity index (χ4v) is 5.62. The molecule has 8 N–H and O–H groups in total. The second-order valence-corrected chi connectivity index (χ2v) is 10.5.